The molecule has 0 aromatic carbocycles. The van der Waals surface area contributed by atoms with E-state index in [4.69, 9.17) is 0 Å². The summed E-state index contributed by atoms with van der Waals surface area (Å²) in [5.74, 6) is 1.03. The van der Waals surface area contributed by atoms with Crippen molar-refractivity contribution in [1.29, 1.82) is 0 Å². The molecule has 1 aliphatic heterocycles. The van der Waals surface area contributed by atoms with Crippen molar-refractivity contribution in [2.75, 3.05) is 13.1 Å². The SMILES string of the molecule is CC(C)c1nc(C(=O)NC2CCNC2)n[nH]1. The minimum atomic E-state index is -0.197. The number of aromatic nitrogens is 3. The quantitative estimate of drug-likeness (QED) is 0.674. The van der Waals surface area contributed by atoms with Crippen molar-refractivity contribution in [3.8, 4) is 0 Å². The van der Waals surface area contributed by atoms with Crippen molar-refractivity contribution >= 4 is 5.91 Å². The van der Waals surface area contributed by atoms with Gasteiger partial charge in [0.1, 0.15) is 5.82 Å². The van der Waals surface area contributed by atoms with Gasteiger partial charge in [-0.3, -0.25) is 9.89 Å². The summed E-state index contributed by atoms with van der Waals surface area (Å²) in [4.78, 5) is 15.9. The summed E-state index contributed by atoms with van der Waals surface area (Å²) in [6.45, 7) is 5.79. The van der Waals surface area contributed by atoms with Crippen LogP contribution in [0.4, 0.5) is 0 Å². The van der Waals surface area contributed by atoms with E-state index in [9.17, 15) is 4.79 Å². The van der Waals surface area contributed by atoms with E-state index in [-0.39, 0.29) is 23.7 Å². The monoisotopic (exact) mass is 223 g/mol. The largest absolute Gasteiger partial charge is 0.345 e. The third kappa shape index (κ3) is 2.38. The van der Waals surface area contributed by atoms with Crippen LogP contribution in [0.3, 0.4) is 0 Å². The summed E-state index contributed by atoms with van der Waals surface area (Å²) in [7, 11) is 0. The lowest BCUT2D eigenvalue weighted by Crippen LogP contribution is -2.36. The molecule has 88 valence electrons. The molecular formula is C10H17N5O. The Morgan fingerprint density at radius 1 is 1.56 bits per heavy atom. The zero-order valence-corrected chi connectivity index (χ0v) is 9.58. The van der Waals surface area contributed by atoms with Crippen molar-refractivity contribution in [3.05, 3.63) is 11.6 Å². The maximum atomic E-state index is 11.8. The van der Waals surface area contributed by atoms with Gasteiger partial charge < -0.3 is 10.6 Å². The highest BCUT2D eigenvalue weighted by atomic mass is 16.2. The van der Waals surface area contributed by atoms with Crippen LogP contribution in [0.5, 0.6) is 0 Å². The van der Waals surface area contributed by atoms with Crippen LogP contribution in [-0.4, -0.2) is 40.2 Å². The first kappa shape index (κ1) is 11.1. The molecule has 6 nitrogen and oxygen atoms in total. The van der Waals surface area contributed by atoms with E-state index < -0.39 is 0 Å². The van der Waals surface area contributed by atoms with Crippen LogP contribution < -0.4 is 10.6 Å². The standard InChI is InChI=1S/C10H17N5O/c1-6(2)8-13-9(15-14-8)10(16)12-7-3-4-11-5-7/h6-7,11H,3-5H2,1-2H3,(H,12,16)(H,13,14,15). The number of aromatic amines is 1. The average Bonchev–Trinajstić information content (AvgIpc) is 2.86. The molecule has 0 aliphatic carbocycles. The molecule has 0 saturated carbocycles. The molecule has 1 atom stereocenters. The highest BCUT2D eigenvalue weighted by Gasteiger charge is 2.20. The molecule has 1 aliphatic rings. The summed E-state index contributed by atoms with van der Waals surface area (Å²) in [6.07, 6.45) is 0.965. The molecule has 1 aromatic heterocycles. The minimum absolute atomic E-state index is 0.197. The van der Waals surface area contributed by atoms with Crippen molar-refractivity contribution in [1.82, 2.24) is 25.8 Å². The number of carbonyl (C=O) groups is 1. The summed E-state index contributed by atoms with van der Waals surface area (Å²) < 4.78 is 0. The zero-order chi connectivity index (χ0) is 11.5. The predicted octanol–water partition coefficient (Wildman–Crippen LogP) is 0.0198. The summed E-state index contributed by atoms with van der Waals surface area (Å²) >= 11 is 0. The third-order valence-corrected chi connectivity index (χ3v) is 2.65. The second-order valence-corrected chi connectivity index (χ2v) is 4.36. The van der Waals surface area contributed by atoms with Gasteiger partial charge >= 0.3 is 0 Å². The lowest BCUT2D eigenvalue weighted by molar-refractivity contribution is 0.0930. The fourth-order valence-electron chi connectivity index (χ4n) is 1.66. The van der Waals surface area contributed by atoms with Crippen molar-refractivity contribution in [2.24, 2.45) is 0 Å². The van der Waals surface area contributed by atoms with Crippen LogP contribution in [0.1, 0.15) is 42.6 Å². The van der Waals surface area contributed by atoms with Crippen LogP contribution in [-0.2, 0) is 0 Å². The molecule has 1 fully saturated rings. The lowest BCUT2D eigenvalue weighted by atomic mass is 10.2. The molecule has 1 saturated heterocycles. The Kier molecular flexibility index (Phi) is 3.19. The van der Waals surface area contributed by atoms with Gasteiger partial charge in [-0.15, -0.1) is 5.10 Å². The minimum Gasteiger partial charge on any atom is -0.345 e. The molecule has 0 spiro atoms. The van der Waals surface area contributed by atoms with Crippen LogP contribution in [0, 0.1) is 0 Å². The molecule has 1 unspecified atom stereocenters. The van der Waals surface area contributed by atoms with Gasteiger partial charge in [-0.05, 0) is 13.0 Å². The van der Waals surface area contributed by atoms with Crippen LogP contribution >= 0.6 is 0 Å². The van der Waals surface area contributed by atoms with E-state index in [1.807, 2.05) is 13.8 Å². The normalized spacial score (nSPS) is 20.3. The molecule has 6 heteroatoms. The Bertz CT molecular complexity index is 367. The van der Waals surface area contributed by atoms with Crippen LogP contribution in [0.15, 0.2) is 0 Å². The molecule has 1 aromatic rings. The third-order valence-electron chi connectivity index (χ3n) is 2.65. The number of hydrogen-bond donors (Lipinski definition) is 3. The molecule has 0 radical (unpaired) electrons. The maximum Gasteiger partial charge on any atom is 0.291 e. The summed E-state index contributed by atoms with van der Waals surface area (Å²) in [5.41, 5.74) is 0. The number of rotatable bonds is 3. The number of hydrogen-bond acceptors (Lipinski definition) is 4. The smallest absolute Gasteiger partial charge is 0.291 e. The van der Waals surface area contributed by atoms with E-state index in [2.05, 4.69) is 25.8 Å². The Labute approximate surface area is 94.2 Å². The molecule has 3 N–H and O–H groups in total. The molecular weight excluding hydrogens is 206 g/mol. The van der Waals surface area contributed by atoms with Gasteiger partial charge in [0, 0.05) is 18.5 Å². The van der Waals surface area contributed by atoms with Crippen molar-refractivity contribution < 1.29 is 4.79 Å². The van der Waals surface area contributed by atoms with Gasteiger partial charge in [-0.2, -0.15) is 0 Å². The Hall–Kier alpha value is -1.43. The number of amides is 1. The summed E-state index contributed by atoms with van der Waals surface area (Å²) in [5, 5.41) is 12.8. The maximum absolute atomic E-state index is 11.8. The lowest BCUT2D eigenvalue weighted by Gasteiger charge is -2.08. The molecule has 1 amide bonds. The number of nitrogens with one attached hydrogen (secondary N) is 3. The van der Waals surface area contributed by atoms with Gasteiger partial charge in [-0.25, -0.2) is 4.98 Å². The zero-order valence-electron chi connectivity index (χ0n) is 9.58. The van der Waals surface area contributed by atoms with E-state index in [0.717, 1.165) is 25.3 Å². The Morgan fingerprint density at radius 3 is 2.94 bits per heavy atom. The van der Waals surface area contributed by atoms with Gasteiger partial charge in [0.05, 0.1) is 0 Å². The molecule has 2 heterocycles. The number of nitrogens with zero attached hydrogens (tertiary/aromatic N) is 2. The van der Waals surface area contributed by atoms with E-state index in [1.54, 1.807) is 0 Å². The Morgan fingerprint density at radius 2 is 2.38 bits per heavy atom. The number of carbonyl (C=O) groups excluding carboxylic acids is 1. The average molecular weight is 223 g/mol. The second kappa shape index (κ2) is 4.61. The van der Waals surface area contributed by atoms with Gasteiger partial charge in [0.25, 0.3) is 5.91 Å². The Balaban J connectivity index is 1.97. The summed E-state index contributed by atoms with van der Waals surface area (Å²) in [6, 6.07) is 0.202. The topological polar surface area (TPSA) is 82.7 Å². The second-order valence-electron chi connectivity index (χ2n) is 4.36. The van der Waals surface area contributed by atoms with E-state index >= 15 is 0 Å². The number of H-pyrrole nitrogens is 1. The first-order valence-electron chi connectivity index (χ1n) is 5.60. The van der Waals surface area contributed by atoms with Gasteiger partial charge in [0.15, 0.2) is 0 Å². The highest BCUT2D eigenvalue weighted by Crippen LogP contribution is 2.07. The highest BCUT2D eigenvalue weighted by molar-refractivity contribution is 5.90. The van der Waals surface area contributed by atoms with Gasteiger partial charge in [0.2, 0.25) is 5.82 Å². The molecule has 0 bridgehead atoms. The van der Waals surface area contributed by atoms with Crippen LogP contribution in [0.25, 0.3) is 0 Å². The van der Waals surface area contributed by atoms with Gasteiger partial charge in [-0.1, -0.05) is 13.8 Å². The van der Waals surface area contributed by atoms with Crippen molar-refractivity contribution in [2.45, 2.75) is 32.2 Å². The van der Waals surface area contributed by atoms with Crippen molar-refractivity contribution in [3.63, 3.8) is 0 Å². The molecule has 16 heavy (non-hydrogen) atoms. The first-order valence-corrected chi connectivity index (χ1v) is 5.60. The fraction of sp³-hybridized carbons (Fsp3) is 0.700. The predicted molar refractivity (Wildman–Crippen MR) is 59.2 cm³/mol. The first-order chi connectivity index (χ1) is 7.66. The van der Waals surface area contributed by atoms with E-state index in [1.165, 1.54) is 0 Å². The van der Waals surface area contributed by atoms with E-state index in [0.29, 0.717) is 0 Å². The molecule has 2 rings (SSSR count). The fourth-order valence-corrected chi connectivity index (χ4v) is 1.66. The van der Waals surface area contributed by atoms with Crippen LogP contribution in [0.2, 0.25) is 0 Å².